The van der Waals surface area contributed by atoms with E-state index < -0.39 is 6.67 Å². The number of amides is 1. The van der Waals surface area contributed by atoms with Gasteiger partial charge in [0.25, 0.3) is 5.91 Å². The van der Waals surface area contributed by atoms with Crippen molar-refractivity contribution in [2.24, 2.45) is 0 Å². The minimum Gasteiger partial charge on any atom is -0.491 e. The largest absolute Gasteiger partial charge is 0.491 e. The van der Waals surface area contributed by atoms with E-state index in [4.69, 9.17) is 32.7 Å². The number of rotatable bonds is 11. The number of ether oxygens (including phenoxy) is 2. The molecule has 2 N–H and O–H groups in total. The van der Waals surface area contributed by atoms with Crippen molar-refractivity contribution in [3.63, 3.8) is 0 Å². The summed E-state index contributed by atoms with van der Waals surface area (Å²) < 4.78 is 23.1. The third-order valence-electron chi connectivity index (χ3n) is 4.31. The number of aromatic nitrogens is 1. The van der Waals surface area contributed by atoms with E-state index in [2.05, 4.69) is 15.6 Å². The average Bonchev–Trinajstić information content (AvgIpc) is 2.80. The van der Waals surface area contributed by atoms with Crippen LogP contribution in [0.15, 0.2) is 60.9 Å². The van der Waals surface area contributed by atoms with E-state index in [-0.39, 0.29) is 19.1 Å². The third kappa shape index (κ3) is 7.09. The van der Waals surface area contributed by atoms with Crippen LogP contribution in [0.3, 0.4) is 0 Å². The first-order chi connectivity index (χ1) is 15.6. The van der Waals surface area contributed by atoms with Crippen LogP contribution in [-0.4, -0.2) is 43.9 Å². The Morgan fingerprint density at radius 3 is 2.47 bits per heavy atom. The van der Waals surface area contributed by atoms with Gasteiger partial charge in [-0.1, -0.05) is 35.3 Å². The van der Waals surface area contributed by atoms with Crippen LogP contribution in [0, 0.1) is 0 Å². The van der Waals surface area contributed by atoms with Gasteiger partial charge in [0.15, 0.2) is 6.61 Å². The van der Waals surface area contributed by atoms with Crippen LogP contribution in [-0.2, 0) is 4.79 Å². The fourth-order valence-electron chi connectivity index (χ4n) is 2.79. The highest BCUT2D eigenvalue weighted by Crippen LogP contribution is 2.30. The summed E-state index contributed by atoms with van der Waals surface area (Å²) >= 11 is 12.5. The monoisotopic (exact) mass is 477 g/mol. The van der Waals surface area contributed by atoms with E-state index in [1.165, 1.54) is 0 Å². The fraction of sp³-hybridized carbons (Fsp3) is 0.217. The number of benzene rings is 2. The molecule has 0 aliphatic rings. The Hall–Kier alpha value is -2.87. The van der Waals surface area contributed by atoms with Gasteiger partial charge in [-0.3, -0.25) is 9.78 Å². The molecule has 0 saturated carbocycles. The van der Waals surface area contributed by atoms with E-state index in [0.717, 1.165) is 11.1 Å². The number of nitrogens with one attached hydrogen (secondary N) is 2. The summed E-state index contributed by atoms with van der Waals surface area (Å²) in [5.74, 6) is 0.513. The highest BCUT2D eigenvalue weighted by molar-refractivity contribution is 6.32. The molecule has 1 aromatic heterocycles. The van der Waals surface area contributed by atoms with Crippen LogP contribution >= 0.6 is 23.2 Å². The summed E-state index contributed by atoms with van der Waals surface area (Å²) in [6.07, 6.45) is 3.44. The zero-order valence-corrected chi connectivity index (χ0v) is 18.6. The first-order valence-electron chi connectivity index (χ1n) is 9.88. The third-order valence-corrected chi connectivity index (χ3v) is 4.90. The summed E-state index contributed by atoms with van der Waals surface area (Å²) in [4.78, 5) is 16.3. The Balaban J connectivity index is 1.50. The summed E-state index contributed by atoms with van der Waals surface area (Å²) in [5, 5.41) is 6.33. The van der Waals surface area contributed by atoms with Crippen LogP contribution < -0.4 is 20.1 Å². The number of nitrogens with zero attached hydrogens (tertiary/aromatic N) is 1. The van der Waals surface area contributed by atoms with Crippen LogP contribution in [0.2, 0.25) is 10.0 Å². The molecule has 0 spiro atoms. The number of hydrogen-bond donors (Lipinski definition) is 2. The van der Waals surface area contributed by atoms with E-state index >= 15 is 0 Å². The van der Waals surface area contributed by atoms with Crippen LogP contribution in [0.1, 0.15) is 0 Å². The lowest BCUT2D eigenvalue weighted by molar-refractivity contribution is -0.118. The molecule has 2 aromatic carbocycles. The van der Waals surface area contributed by atoms with E-state index in [9.17, 15) is 9.18 Å². The zero-order valence-electron chi connectivity index (χ0n) is 17.1. The molecule has 0 saturated heterocycles. The number of halogens is 3. The van der Waals surface area contributed by atoms with Crippen molar-refractivity contribution in [3.8, 4) is 22.6 Å². The molecule has 168 valence electrons. The van der Waals surface area contributed by atoms with Gasteiger partial charge in [-0.15, -0.1) is 0 Å². The van der Waals surface area contributed by atoms with Gasteiger partial charge in [0, 0.05) is 36.7 Å². The molecule has 0 radical (unpaired) electrons. The van der Waals surface area contributed by atoms with Gasteiger partial charge >= 0.3 is 0 Å². The maximum atomic E-state index is 12.3. The molecule has 1 amide bonds. The topological polar surface area (TPSA) is 72.5 Å². The first kappa shape index (κ1) is 23.8. The molecule has 3 rings (SSSR count). The van der Waals surface area contributed by atoms with Crippen LogP contribution in [0.25, 0.3) is 11.1 Å². The molecule has 1 heterocycles. The molecule has 0 aliphatic carbocycles. The van der Waals surface area contributed by atoms with E-state index in [1.807, 2.05) is 18.2 Å². The lowest BCUT2D eigenvalue weighted by Gasteiger charge is -2.12. The second-order valence-corrected chi connectivity index (χ2v) is 7.47. The van der Waals surface area contributed by atoms with Gasteiger partial charge in [-0.2, -0.15) is 0 Å². The highest BCUT2D eigenvalue weighted by atomic mass is 35.5. The lowest BCUT2D eigenvalue weighted by atomic mass is 10.1. The molecule has 0 fully saturated rings. The Kier molecular flexibility index (Phi) is 9.10. The van der Waals surface area contributed by atoms with Crippen molar-refractivity contribution >= 4 is 34.8 Å². The second kappa shape index (κ2) is 12.2. The number of carbonyl (C=O) groups excluding carboxylic acids is 1. The summed E-state index contributed by atoms with van der Waals surface area (Å²) in [5.41, 5.74) is 2.33. The minimum atomic E-state index is -0.429. The maximum Gasteiger partial charge on any atom is 0.262 e. The Labute approximate surface area is 195 Å². The van der Waals surface area contributed by atoms with Gasteiger partial charge in [0.2, 0.25) is 0 Å². The molecule has 0 atom stereocenters. The predicted molar refractivity (Wildman–Crippen MR) is 125 cm³/mol. The number of pyridine rings is 1. The van der Waals surface area contributed by atoms with Crippen molar-refractivity contribution in [1.82, 2.24) is 10.3 Å². The molecule has 32 heavy (non-hydrogen) atoms. The molecule has 0 aliphatic heterocycles. The SMILES string of the molecule is O=C(COc1ccc(-c2cccnc2)cc1Cl)Nc1ccc(OCCNCCF)c(Cl)c1. The Morgan fingerprint density at radius 2 is 1.75 bits per heavy atom. The minimum absolute atomic E-state index is 0.220. The summed E-state index contributed by atoms with van der Waals surface area (Å²) in [6, 6.07) is 14.0. The standard InChI is InChI=1S/C23H22Cl2FN3O3/c24-19-12-16(17-2-1-8-28-14-17)3-5-22(19)32-15-23(30)29-18-4-6-21(20(25)13-18)31-11-10-27-9-7-26/h1-6,8,12-14,27H,7,9-11,15H2,(H,29,30). The smallest absolute Gasteiger partial charge is 0.262 e. The average molecular weight is 478 g/mol. The van der Waals surface area contributed by atoms with Gasteiger partial charge in [0.05, 0.1) is 10.0 Å². The number of anilines is 1. The van der Waals surface area contributed by atoms with Gasteiger partial charge in [-0.25, -0.2) is 4.39 Å². The molecule has 0 bridgehead atoms. The Bertz CT molecular complexity index is 1040. The molecule has 6 nitrogen and oxygen atoms in total. The zero-order chi connectivity index (χ0) is 22.8. The van der Waals surface area contributed by atoms with E-state index in [1.54, 1.807) is 42.7 Å². The molecule has 0 unspecified atom stereocenters. The van der Waals surface area contributed by atoms with Gasteiger partial charge < -0.3 is 20.1 Å². The molecule has 9 heteroatoms. The van der Waals surface area contributed by atoms with Crippen molar-refractivity contribution < 1.29 is 18.7 Å². The van der Waals surface area contributed by atoms with Crippen LogP contribution in [0.4, 0.5) is 10.1 Å². The fourth-order valence-corrected chi connectivity index (χ4v) is 3.26. The molecule has 3 aromatic rings. The van der Waals surface area contributed by atoms with Gasteiger partial charge in [0.1, 0.15) is 24.8 Å². The van der Waals surface area contributed by atoms with Crippen molar-refractivity contribution in [2.75, 3.05) is 38.3 Å². The summed E-state index contributed by atoms with van der Waals surface area (Å²) in [7, 11) is 0. The number of alkyl halides is 1. The van der Waals surface area contributed by atoms with Crippen molar-refractivity contribution in [2.45, 2.75) is 0 Å². The quantitative estimate of drug-likeness (QED) is 0.379. The van der Waals surface area contributed by atoms with E-state index in [0.29, 0.717) is 40.4 Å². The van der Waals surface area contributed by atoms with Crippen molar-refractivity contribution in [3.05, 3.63) is 71.0 Å². The Morgan fingerprint density at radius 1 is 0.969 bits per heavy atom. The normalized spacial score (nSPS) is 10.6. The van der Waals surface area contributed by atoms with Gasteiger partial charge in [-0.05, 0) is 42.0 Å². The first-order valence-corrected chi connectivity index (χ1v) is 10.6. The van der Waals surface area contributed by atoms with Crippen LogP contribution in [0.5, 0.6) is 11.5 Å². The highest BCUT2D eigenvalue weighted by Gasteiger charge is 2.10. The predicted octanol–water partition coefficient (Wildman–Crippen LogP) is 5.01. The lowest BCUT2D eigenvalue weighted by Crippen LogP contribution is -2.23. The number of hydrogen-bond acceptors (Lipinski definition) is 5. The number of carbonyl (C=O) groups is 1. The molecular weight excluding hydrogens is 456 g/mol. The second-order valence-electron chi connectivity index (χ2n) is 6.66. The van der Waals surface area contributed by atoms with Crippen molar-refractivity contribution in [1.29, 1.82) is 0 Å². The summed E-state index contributed by atoms with van der Waals surface area (Å²) in [6.45, 7) is 0.481. The molecular formula is C23H22Cl2FN3O3. The maximum absolute atomic E-state index is 12.3.